The van der Waals surface area contributed by atoms with Crippen LogP contribution in [0.4, 0.5) is 0 Å². The molecular formula is C20H19ClNO2+. The molecule has 4 heteroatoms. The van der Waals surface area contributed by atoms with E-state index in [-0.39, 0.29) is 0 Å². The van der Waals surface area contributed by atoms with Crippen LogP contribution in [0.15, 0.2) is 60.8 Å². The molecule has 0 aliphatic carbocycles. The van der Waals surface area contributed by atoms with Gasteiger partial charge in [-0.2, -0.15) is 4.57 Å². The van der Waals surface area contributed by atoms with E-state index < -0.39 is 5.79 Å². The lowest BCUT2D eigenvalue weighted by Crippen LogP contribution is -2.45. The van der Waals surface area contributed by atoms with Crippen LogP contribution in [0, 0.1) is 0 Å². The van der Waals surface area contributed by atoms with Crippen molar-refractivity contribution in [3.8, 4) is 0 Å². The number of pyridine rings is 1. The molecule has 24 heavy (non-hydrogen) atoms. The molecule has 0 N–H and O–H groups in total. The predicted octanol–water partition coefficient (Wildman–Crippen LogP) is 4.05. The van der Waals surface area contributed by atoms with E-state index in [1.165, 1.54) is 10.9 Å². The number of hydrogen-bond donors (Lipinski definition) is 0. The molecule has 0 atom stereocenters. The van der Waals surface area contributed by atoms with Gasteiger partial charge in [-0.1, -0.05) is 41.9 Å². The van der Waals surface area contributed by atoms with E-state index in [0.717, 1.165) is 22.6 Å². The molecule has 0 amide bonds. The summed E-state index contributed by atoms with van der Waals surface area (Å²) in [5, 5.41) is 3.03. The highest BCUT2D eigenvalue weighted by Crippen LogP contribution is 2.29. The second-order valence-electron chi connectivity index (χ2n) is 6.11. The van der Waals surface area contributed by atoms with Gasteiger partial charge in [0.2, 0.25) is 5.69 Å². The number of rotatable bonds is 3. The van der Waals surface area contributed by atoms with Crippen molar-refractivity contribution in [1.82, 2.24) is 0 Å². The van der Waals surface area contributed by atoms with Gasteiger partial charge in [-0.3, -0.25) is 0 Å². The quantitative estimate of drug-likeness (QED) is 0.671. The Morgan fingerprint density at radius 2 is 1.67 bits per heavy atom. The summed E-state index contributed by atoms with van der Waals surface area (Å²) in [6, 6.07) is 18.4. The van der Waals surface area contributed by atoms with Crippen molar-refractivity contribution < 1.29 is 14.0 Å². The fourth-order valence-electron chi connectivity index (χ4n) is 3.33. The molecule has 2 aromatic carbocycles. The summed E-state index contributed by atoms with van der Waals surface area (Å²) in [6.07, 6.45) is 2.06. The fraction of sp³-hybridized carbons (Fsp3) is 0.250. The van der Waals surface area contributed by atoms with Gasteiger partial charge in [0, 0.05) is 35.0 Å². The van der Waals surface area contributed by atoms with E-state index >= 15 is 0 Å². The number of ether oxygens (including phenoxy) is 2. The van der Waals surface area contributed by atoms with E-state index in [0.29, 0.717) is 13.2 Å². The average molecular weight is 341 g/mol. The monoisotopic (exact) mass is 340 g/mol. The molecule has 4 rings (SSSR count). The van der Waals surface area contributed by atoms with Crippen molar-refractivity contribution >= 4 is 22.4 Å². The molecule has 1 aromatic heterocycles. The van der Waals surface area contributed by atoms with Gasteiger partial charge in [0.1, 0.15) is 0 Å². The molecule has 1 aliphatic rings. The van der Waals surface area contributed by atoms with Gasteiger partial charge in [-0.15, -0.1) is 0 Å². The number of hydrogen-bond acceptors (Lipinski definition) is 2. The van der Waals surface area contributed by atoms with Crippen LogP contribution in [0.2, 0.25) is 5.02 Å². The zero-order valence-corrected chi connectivity index (χ0v) is 14.3. The topological polar surface area (TPSA) is 22.3 Å². The Kier molecular flexibility index (Phi) is 4.01. The van der Waals surface area contributed by atoms with Crippen molar-refractivity contribution in [2.45, 2.75) is 19.3 Å². The van der Waals surface area contributed by atoms with Gasteiger partial charge < -0.3 is 9.47 Å². The number of halogens is 1. The fourth-order valence-corrected chi connectivity index (χ4v) is 3.56. The van der Waals surface area contributed by atoms with E-state index in [1.54, 1.807) is 0 Å². The highest BCUT2D eigenvalue weighted by molar-refractivity contribution is 6.35. The van der Waals surface area contributed by atoms with Crippen LogP contribution in [0.25, 0.3) is 10.8 Å². The van der Waals surface area contributed by atoms with Crippen LogP contribution in [-0.4, -0.2) is 13.2 Å². The molecule has 0 radical (unpaired) electrons. The first-order chi connectivity index (χ1) is 11.7. The van der Waals surface area contributed by atoms with Crippen molar-refractivity contribution in [1.29, 1.82) is 0 Å². The molecule has 1 aliphatic heterocycles. The molecule has 0 bridgehead atoms. The first-order valence-electron chi connectivity index (χ1n) is 8.10. The summed E-state index contributed by atoms with van der Waals surface area (Å²) in [5.74, 6) is -0.691. The minimum Gasteiger partial charge on any atom is -0.339 e. The van der Waals surface area contributed by atoms with Crippen LogP contribution >= 0.6 is 11.6 Å². The third kappa shape index (κ3) is 2.69. The van der Waals surface area contributed by atoms with Crippen molar-refractivity contribution in [2.75, 3.05) is 13.2 Å². The van der Waals surface area contributed by atoms with E-state index in [2.05, 4.69) is 35.0 Å². The Labute approximate surface area is 146 Å². The third-order valence-corrected chi connectivity index (χ3v) is 4.88. The Balaban J connectivity index is 1.79. The Bertz CT molecular complexity index is 888. The molecule has 3 nitrogen and oxygen atoms in total. The minimum absolute atomic E-state index is 0.620. The summed E-state index contributed by atoms with van der Waals surface area (Å²) in [4.78, 5) is 0. The van der Waals surface area contributed by atoms with E-state index in [4.69, 9.17) is 21.1 Å². The summed E-state index contributed by atoms with van der Waals surface area (Å²) in [5.41, 5.74) is 2.23. The normalized spacial score (nSPS) is 16.6. The van der Waals surface area contributed by atoms with Gasteiger partial charge in [0.25, 0.3) is 5.79 Å². The lowest BCUT2D eigenvalue weighted by molar-refractivity contribution is -0.705. The Morgan fingerprint density at radius 3 is 2.46 bits per heavy atom. The summed E-state index contributed by atoms with van der Waals surface area (Å²) >= 11 is 6.34. The maximum Gasteiger partial charge on any atom is 0.253 e. The number of fused-ring (bicyclic) bond motifs is 1. The molecule has 122 valence electrons. The zero-order chi connectivity index (χ0) is 16.6. The molecule has 2 heterocycles. The Morgan fingerprint density at radius 1 is 0.958 bits per heavy atom. The van der Waals surface area contributed by atoms with E-state index in [9.17, 15) is 0 Å². The van der Waals surface area contributed by atoms with Gasteiger partial charge in [-0.25, -0.2) is 0 Å². The van der Waals surface area contributed by atoms with Crippen molar-refractivity contribution in [3.63, 3.8) is 0 Å². The third-order valence-electron chi connectivity index (χ3n) is 4.55. The van der Waals surface area contributed by atoms with Crippen LogP contribution in [0.3, 0.4) is 0 Å². The average Bonchev–Trinajstić information content (AvgIpc) is 3.06. The largest absolute Gasteiger partial charge is 0.339 e. The molecule has 0 saturated carbocycles. The number of benzene rings is 2. The maximum absolute atomic E-state index is 6.34. The van der Waals surface area contributed by atoms with Gasteiger partial charge in [0.15, 0.2) is 12.7 Å². The number of aromatic nitrogens is 1. The molecule has 1 saturated heterocycles. The van der Waals surface area contributed by atoms with Gasteiger partial charge in [-0.05, 0) is 17.5 Å². The minimum atomic E-state index is -0.691. The predicted molar refractivity (Wildman–Crippen MR) is 94.0 cm³/mol. The maximum atomic E-state index is 6.34. The van der Waals surface area contributed by atoms with Crippen LogP contribution < -0.4 is 4.57 Å². The molecule has 3 aromatic rings. The second kappa shape index (κ2) is 6.17. The summed E-state index contributed by atoms with van der Waals surface area (Å²) in [6.45, 7) is 3.95. The lowest BCUT2D eigenvalue weighted by Gasteiger charge is -2.20. The first-order valence-corrected chi connectivity index (χ1v) is 8.48. The lowest BCUT2D eigenvalue weighted by atomic mass is 10.0. The SMILES string of the molecule is CC1(c2cccc[n+]2Cc2ccc(Cl)c3ccccc23)OCCO1. The molecule has 1 fully saturated rings. The molecule has 0 spiro atoms. The highest BCUT2D eigenvalue weighted by Gasteiger charge is 2.40. The first kappa shape index (κ1) is 15.6. The second-order valence-corrected chi connectivity index (χ2v) is 6.52. The number of nitrogens with zero attached hydrogens (tertiary/aromatic N) is 1. The van der Waals surface area contributed by atoms with E-state index in [1.807, 2.05) is 37.3 Å². The summed E-state index contributed by atoms with van der Waals surface area (Å²) < 4.78 is 13.9. The van der Waals surface area contributed by atoms with Crippen molar-refractivity contribution in [2.24, 2.45) is 0 Å². The highest BCUT2D eigenvalue weighted by atomic mass is 35.5. The summed E-state index contributed by atoms with van der Waals surface area (Å²) in [7, 11) is 0. The van der Waals surface area contributed by atoms with Gasteiger partial charge in [0.05, 0.1) is 13.2 Å². The van der Waals surface area contributed by atoms with Crippen LogP contribution in [-0.2, 0) is 21.8 Å². The van der Waals surface area contributed by atoms with Crippen LogP contribution in [0.5, 0.6) is 0 Å². The van der Waals surface area contributed by atoms with Crippen LogP contribution in [0.1, 0.15) is 18.2 Å². The molecular weight excluding hydrogens is 322 g/mol. The van der Waals surface area contributed by atoms with Gasteiger partial charge >= 0.3 is 0 Å². The zero-order valence-electron chi connectivity index (χ0n) is 13.5. The smallest absolute Gasteiger partial charge is 0.253 e. The Hall–Kier alpha value is -1.94. The molecule has 0 unspecified atom stereocenters. The van der Waals surface area contributed by atoms with Crippen molar-refractivity contribution in [3.05, 3.63) is 77.1 Å². The standard InChI is InChI=1S/C20H19ClNO2/c1-20(23-12-13-24-20)19-8-4-5-11-22(19)14-15-9-10-18(21)17-7-3-2-6-16(15)17/h2-11H,12-14H2,1H3/q+1.